The van der Waals surface area contributed by atoms with Crippen LogP contribution in [0.3, 0.4) is 0 Å². The highest BCUT2D eigenvalue weighted by molar-refractivity contribution is 5.73. The van der Waals surface area contributed by atoms with E-state index >= 15 is 0 Å². The summed E-state index contributed by atoms with van der Waals surface area (Å²) in [6, 6.07) is 0. The van der Waals surface area contributed by atoms with Crippen LogP contribution in [0.25, 0.3) is 0 Å². The number of hydrogen-bond donors (Lipinski definition) is 2. The number of hydrogen-bond acceptors (Lipinski definition) is 3. The molecule has 0 aromatic heterocycles. The molecule has 0 fully saturated rings. The van der Waals surface area contributed by atoms with E-state index in [2.05, 4.69) is 24.2 Å². The largest absolute Gasteiger partial charge is 0.355 e. The minimum Gasteiger partial charge on any atom is -0.355 e. The van der Waals surface area contributed by atoms with Gasteiger partial charge in [-0.1, -0.05) is 13.8 Å². The Bertz CT molecular complexity index is 172. The van der Waals surface area contributed by atoms with Crippen LogP contribution in [0.4, 0.5) is 0 Å². The Morgan fingerprint density at radius 3 is 2.80 bits per heavy atom. The van der Waals surface area contributed by atoms with Gasteiger partial charge in [-0.15, -0.1) is 0 Å². The monoisotopic (exact) mass is 140 g/mol. The molecule has 0 bridgehead atoms. The Hall–Kier alpha value is -0.830. The van der Waals surface area contributed by atoms with Crippen molar-refractivity contribution in [3.8, 4) is 0 Å². The Labute approximate surface area is 60.5 Å². The molecule has 0 radical (unpaired) electrons. The van der Waals surface area contributed by atoms with Gasteiger partial charge in [0.15, 0.2) is 0 Å². The van der Waals surface area contributed by atoms with Crippen LogP contribution >= 0.6 is 0 Å². The first-order valence-electron chi connectivity index (χ1n) is 3.38. The summed E-state index contributed by atoms with van der Waals surface area (Å²) < 4.78 is 0. The molecule has 0 aliphatic carbocycles. The lowest BCUT2D eigenvalue weighted by Crippen LogP contribution is -2.30. The molecule has 3 heteroatoms. The fraction of sp³-hybridized carbons (Fsp3) is 0.571. The van der Waals surface area contributed by atoms with Crippen LogP contribution in [0.5, 0.6) is 0 Å². The summed E-state index contributed by atoms with van der Waals surface area (Å²) in [4.78, 5) is 3.71. The molecule has 0 saturated heterocycles. The van der Waals surface area contributed by atoms with Gasteiger partial charge in [0, 0.05) is 11.9 Å². The summed E-state index contributed by atoms with van der Waals surface area (Å²) >= 11 is 0. The van der Waals surface area contributed by atoms with Gasteiger partial charge in [-0.3, -0.25) is 0 Å². The van der Waals surface area contributed by atoms with Crippen LogP contribution in [0, 0.1) is 5.92 Å². The van der Waals surface area contributed by atoms with Crippen LogP contribution in [0.2, 0.25) is 0 Å². The fourth-order valence-corrected chi connectivity index (χ4v) is 0.798. The number of rotatable bonds is 1. The molecule has 1 rings (SSSR count). The van der Waals surface area contributed by atoms with E-state index in [1.165, 1.54) is 0 Å². The van der Waals surface area contributed by atoms with E-state index in [4.69, 9.17) is 5.11 Å². The third kappa shape index (κ3) is 1.57. The van der Waals surface area contributed by atoms with Crippen LogP contribution in [0.15, 0.2) is 16.8 Å². The number of allylic oxidation sites excluding steroid dienone is 2. The van der Waals surface area contributed by atoms with Crippen molar-refractivity contribution in [2.45, 2.75) is 20.2 Å². The lowest BCUT2D eigenvalue weighted by atomic mass is 10.1. The molecule has 0 amide bonds. The Balaban J connectivity index is 2.61. The molecule has 0 aromatic rings. The summed E-state index contributed by atoms with van der Waals surface area (Å²) in [5.41, 5.74) is 1.03. The summed E-state index contributed by atoms with van der Waals surface area (Å²) in [5, 5.41) is 11.8. The molecule has 1 atom stereocenters. The van der Waals surface area contributed by atoms with E-state index in [1.54, 1.807) is 6.21 Å². The van der Waals surface area contributed by atoms with Crippen molar-refractivity contribution in [1.82, 2.24) is 5.32 Å². The molecule has 1 unspecified atom stereocenters. The summed E-state index contributed by atoms with van der Waals surface area (Å²) in [6.45, 7) is 4.12. The Morgan fingerprint density at radius 2 is 2.40 bits per heavy atom. The van der Waals surface area contributed by atoms with E-state index < -0.39 is 6.35 Å². The Morgan fingerprint density at radius 1 is 1.70 bits per heavy atom. The maximum atomic E-state index is 8.98. The molecule has 3 nitrogen and oxygen atoms in total. The second-order valence-corrected chi connectivity index (χ2v) is 2.59. The van der Waals surface area contributed by atoms with Gasteiger partial charge in [0.25, 0.3) is 0 Å². The molecule has 2 N–H and O–H groups in total. The quantitative estimate of drug-likeness (QED) is 0.556. The first-order chi connectivity index (χ1) is 4.70. The highest BCUT2D eigenvalue weighted by Crippen LogP contribution is 2.07. The Kier molecular flexibility index (Phi) is 2.06. The zero-order chi connectivity index (χ0) is 7.56. The summed E-state index contributed by atoms with van der Waals surface area (Å²) in [5.74, 6) is 0.418. The van der Waals surface area contributed by atoms with Crippen LogP contribution < -0.4 is 5.32 Å². The van der Waals surface area contributed by atoms with Crippen molar-refractivity contribution in [3.63, 3.8) is 0 Å². The molecule has 0 saturated carbocycles. The van der Waals surface area contributed by atoms with E-state index in [-0.39, 0.29) is 0 Å². The smallest absolute Gasteiger partial charge is 0.222 e. The third-order valence-corrected chi connectivity index (χ3v) is 1.40. The molecule has 0 aromatic carbocycles. The predicted molar refractivity (Wildman–Crippen MR) is 40.6 cm³/mol. The van der Waals surface area contributed by atoms with Crippen LogP contribution in [0.1, 0.15) is 13.8 Å². The van der Waals surface area contributed by atoms with Crippen molar-refractivity contribution in [2.24, 2.45) is 10.9 Å². The number of nitrogens with zero attached hydrogens (tertiary/aromatic N) is 1. The maximum Gasteiger partial charge on any atom is 0.222 e. The van der Waals surface area contributed by atoms with Gasteiger partial charge in [0.2, 0.25) is 6.35 Å². The summed E-state index contributed by atoms with van der Waals surface area (Å²) in [6.07, 6.45) is 2.75. The van der Waals surface area contributed by atoms with Gasteiger partial charge in [0.05, 0.1) is 0 Å². The minimum absolute atomic E-state index is 0.418. The van der Waals surface area contributed by atoms with E-state index in [0.717, 1.165) is 5.70 Å². The lowest BCUT2D eigenvalue weighted by Gasteiger charge is -2.18. The number of nitrogens with one attached hydrogen (secondary N) is 1. The lowest BCUT2D eigenvalue weighted by molar-refractivity contribution is 0.154. The first-order valence-corrected chi connectivity index (χ1v) is 3.38. The molecule has 10 heavy (non-hydrogen) atoms. The van der Waals surface area contributed by atoms with Gasteiger partial charge in [-0.25, -0.2) is 4.99 Å². The van der Waals surface area contributed by atoms with Crippen molar-refractivity contribution in [3.05, 3.63) is 11.8 Å². The SMILES string of the molecule is CC(C)C1=CC=NC(O)N1. The minimum atomic E-state index is -0.748. The number of aliphatic imine (C=N–C) groups is 1. The highest BCUT2D eigenvalue weighted by atomic mass is 16.3. The fourth-order valence-electron chi connectivity index (χ4n) is 0.798. The molecule has 0 spiro atoms. The second kappa shape index (κ2) is 2.84. The van der Waals surface area contributed by atoms with E-state index in [1.807, 2.05) is 6.08 Å². The third-order valence-electron chi connectivity index (χ3n) is 1.40. The average Bonchev–Trinajstić information content (AvgIpc) is 1.88. The number of aliphatic hydroxyl groups excluding tert-OH is 1. The normalized spacial score (nSPS) is 24.4. The van der Waals surface area contributed by atoms with Gasteiger partial charge in [-0.2, -0.15) is 0 Å². The topological polar surface area (TPSA) is 44.6 Å². The molecular formula is C7H12N2O. The van der Waals surface area contributed by atoms with Crippen molar-refractivity contribution in [1.29, 1.82) is 0 Å². The van der Waals surface area contributed by atoms with Crippen LogP contribution in [-0.4, -0.2) is 17.7 Å². The highest BCUT2D eigenvalue weighted by Gasteiger charge is 2.08. The average molecular weight is 140 g/mol. The van der Waals surface area contributed by atoms with E-state index in [9.17, 15) is 0 Å². The molecule has 56 valence electrons. The number of aliphatic hydroxyl groups is 1. The van der Waals surface area contributed by atoms with Crippen molar-refractivity contribution < 1.29 is 5.11 Å². The van der Waals surface area contributed by atoms with E-state index in [0.29, 0.717) is 5.92 Å². The maximum absolute atomic E-state index is 8.98. The van der Waals surface area contributed by atoms with Gasteiger partial charge in [-0.05, 0) is 12.0 Å². The molecule has 1 aliphatic rings. The molecule has 1 heterocycles. The van der Waals surface area contributed by atoms with Gasteiger partial charge >= 0.3 is 0 Å². The molecular weight excluding hydrogens is 128 g/mol. The van der Waals surface area contributed by atoms with Gasteiger partial charge in [0.1, 0.15) is 0 Å². The zero-order valence-corrected chi connectivity index (χ0v) is 6.20. The molecule has 1 aliphatic heterocycles. The van der Waals surface area contributed by atoms with Crippen LogP contribution in [-0.2, 0) is 0 Å². The summed E-state index contributed by atoms with van der Waals surface area (Å²) in [7, 11) is 0. The predicted octanol–water partition coefficient (Wildman–Crippen LogP) is 0.476. The second-order valence-electron chi connectivity index (χ2n) is 2.59. The van der Waals surface area contributed by atoms with Crippen molar-refractivity contribution in [2.75, 3.05) is 0 Å². The standard InChI is InChI=1S/C7H12N2O/c1-5(2)6-3-4-8-7(10)9-6/h3-5,7,9-10H,1-2H3. The first kappa shape index (κ1) is 7.28. The van der Waals surface area contributed by atoms with Gasteiger partial charge < -0.3 is 10.4 Å². The van der Waals surface area contributed by atoms with Crippen molar-refractivity contribution >= 4 is 6.21 Å². The zero-order valence-electron chi connectivity index (χ0n) is 6.20.